The fourth-order valence-corrected chi connectivity index (χ4v) is 1.24. The van der Waals surface area contributed by atoms with Gasteiger partial charge in [-0.25, -0.2) is 0 Å². The van der Waals surface area contributed by atoms with Crippen molar-refractivity contribution in [2.75, 3.05) is 13.1 Å². The highest BCUT2D eigenvalue weighted by atomic mass is 14.9. The van der Waals surface area contributed by atoms with Crippen LogP contribution in [0.3, 0.4) is 0 Å². The van der Waals surface area contributed by atoms with Gasteiger partial charge < -0.3 is 11.1 Å². The van der Waals surface area contributed by atoms with Gasteiger partial charge in [0, 0.05) is 6.04 Å². The molecule has 2 heteroatoms. The lowest BCUT2D eigenvalue weighted by atomic mass is 10.0. The van der Waals surface area contributed by atoms with Gasteiger partial charge in [-0.3, -0.25) is 0 Å². The van der Waals surface area contributed by atoms with Crippen LogP contribution in [-0.2, 0) is 0 Å². The van der Waals surface area contributed by atoms with E-state index in [9.17, 15) is 0 Å². The Labute approximate surface area is 70.5 Å². The maximum atomic E-state index is 5.39. The second-order valence-electron chi connectivity index (χ2n) is 3.36. The second-order valence-corrected chi connectivity index (χ2v) is 3.36. The van der Waals surface area contributed by atoms with Gasteiger partial charge in [0.05, 0.1) is 0 Å². The molecular weight excluding hydrogens is 136 g/mol. The summed E-state index contributed by atoms with van der Waals surface area (Å²) < 4.78 is 0. The molecule has 2 nitrogen and oxygen atoms in total. The van der Waals surface area contributed by atoms with Crippen molar-refractivity contribution in [2.45, 2.75) is 39.7 Å². The van der Waals surface area contributed by atoms with Crippen molar-refractivity contribution >= 4 is 0 Å². The molecular formula is C9H22N2. The predicted molar refractivity (Wildman–Crippen MR) is 50.6 cm³/mol. The number of nitrogens with one attached hydrogen (secondary N) is 1. The minimum atomic E-state index is 0.668. The number of nitrogens with two attached hydrogens (primary N) is 1. The number of rotatable bonds is 6. The zero-order valence-electron chi connectivity index (χ0n) is 8.06. The number of hydrogen-bond acceptors (Lipinski definition) is 2. The van der Waals surface area contributed by atoms with Gasteiger partial charge in [0.25, 0.3) is 0 Å². The third-order valence-electron chi connectivity index (χ3n) is 2.03. The molecule has 0 amide bonds. The molecule has 1 unspecified atom stereocenters. The summed E-state index contributed by atoms with van der Waals surface area (Å²) in [5.41, 5.74) is 5.39. The van der Waals surface area contributed by atoms with Gasteiger partial charge in [0.1, 0.15) is 0 Å². The molecule has 3 N–H and O–H groups in total. The Bertz CT molecular complexity index is 81.6. The number of hydrogen-bond donors (Lipinski definition) is 2. The van der Waals surface area contributed by atoms with Crippen molar-refractivity contribution in [3.63, 3.8) is 0 Å². The van der Waals surface area contributed by atoms with Crippen molar-refractivity contribution in [2.24, 2.45) is 11.7 Å². The minimum Gasteiger partial charge on any atom is -0.330 e. The van der Waals surface area contributed by atoms with Crippen molar-refractivity contribution < 1.29 is 0 Å². The third-order valence-corrected chi connectivity index (χ3v) is 2.03. The van der Waals surface area contributed by atoms with Crippen LogP contribution >= 0.6 is 0 Å². The molecule has 0 saturated heterocycles. The first-order valence-corrected chi connectivity index (χ1v) is 4.65. The fraction of sp³-hybridized carbons (Fsp3) is 1.00. The van der Waals surface area contributed by atoms with Crippen molar-refractivity contribution in [3.05, 3.63) is 0 Å². The summed E-state index contributed by atoms with van der Waals surface area (Å²) in [6.07, 6.45) is 2.30. The topological polar surface area (TPSA) is 38.0 Å². The smallest absolute Gasteiger partial charge is 0.00874 e. The van der Waals surface area contributed by atoms with Crippen molar-refractivity contribution in [1.29, 1.82) is 0 Å². The predicted octanol–water partition coefficient (Wildman–Crippen LogP) is 1.36. The molecule has 0 aliphatic heterocycles. The normalized spacial score (nSPS) is 13.9. The van der Waals surface area contributed by atoms with Gasteiger partial charge in [-0.2, -0.15) is 0 Å². The second kappa shape index (κ2) is 6.62. The lowest BCUT2D eigenvalue weighted by Gasteiger charge is -2.20. The van der Waals surface area contributed by atoms with E-state index in [-0.39, 0.29) is 0 Å². The van der Waals surface area contributed by atoms with Gasteiger partial charge in [-0.05, 0) is 31.8 Å². The van der Waals surface area contributed by atoms with E-state index in [1.54, 1.807) is 0 Å². The molecule has 0 aliphatic carbocycles. The maximum absolute atomic E-state index is 5.39. The molecule has 0 aromatic heterocycles. The summed E-state index contributed by atoms with van der Waals surface area (Å²) in [7, 11) is 0. The van der Waals surface area contributed by atoms with Crippen LogP contribution in [-0.4, -0.2) is 19.1 Å². The summed E-state index contributed by atoms with van der Waals surface area (Å²) in [6.45, 7) is 8.59. The van der Waals surface area contributed by atoms with Crippen molar-refractivity contribution in [3.8, 4) is 0 Å². The summed E-state index contributed by atoms with van der Waals surface area (Å²) in [5.74, 6) is 0.734. The fourth-order valence-electron chi connectivity index (χ4n) is 1.24. The van der Waals surface area contributed by atoms with E-state index in [2.05, 4.69) is 26.1 Å². The molecule has 0 heterocycles. The monoisotopic (exact) mass is 158 g/mol. The Hall–Kier alpha value is -0.0800. The van der Waals surface area contributed by atoms with Crippen LogP contribution in [0.25, 0.3) is 0 Å². The van der Waals surface area contributed by atoms with Gasteiger partial charge >= 0.3 is 0 Å². The lowest BCUT2D eigenvalue weighted by Crippen LogP contribution is -2.34. The highest BCUT2D eigenvalue weighted by molar-refractivity contribution is 4.67. The molecule has 0 aromatic carbocycles. The highest BCUT2D eigenvalue weighted by Crippen LogP contribution is 2.04. The first-order valence-electron chi connectivity index (χ1n) is 4.65. The molecule has 0 saturated carbocycles. The van der Waals surface area contributed by atoms with Crippen LogP contribution in [0, 0.1) is 5.92 Å². The van der Waals surface area contributed by atoms with Crippen LogP contribution < -0.4 is 11.1 Å². The van der Waals surface area contributed by atoms with Crippen molar-refractivity contribution in [1.82, 2.24) is 5.32 Å². The van der Waals surface area contributed by atoms with E-state index in [1.165, 1.54) is 6.42 Å². The summed E-state index contributed by atoms with van der Waals surface area (Å²) in [5, 5.41) is 3.49. The molecule has 11 heavy (non-hydrogen) atoms. The Balaban J connectivity index is 3.36. The quantitative estimate of drug-likeness (QED) is 0.573. The van der Waals surface area contributed by atoms with E-state index in [0.717, 1.165) is 25.4 Å². The molecule has 0 radical (unpaired) electrons. The van der Waals surface area contributed by atoms with Gasteiger partial charge in [-0.15, -0.1) is 0 Å². The average Bonchev–Trinajstić information content (AvgIpc) is 1.97. The molecule has 68 valence electrons. The zero-order valence-corrected chi connectivity index (χ0v) is 8.06. The molecule has 0 aliphatic rings. The van der Waals surface area contributed by atoms with E-state index in [4.69, 9.17) is 5.73 Å². The van der Waals surface area contributed by atoms with Crippen LogP contribution in [0.5, 0.6) is 0 Å². The SMILES string of the molecule is CCC(NCCCN)C(C)C. The lowest BCUT2D eigenvalue weighted by molar-refractivity contribution is 0.388. The van der Waals surface area contributed by atoms with Crippen LogP contribution in [0.1, 0.15) is 33.6 Å². The molecule has 0 fully saturated rings. The average molecular weight is 158 g/mol. The van der Waals surface area contributed by atoms with Gasteiger partial charge in [-0.1, -0.05) is 20.8 Å². The molecule has 0 rings (SSSR count). The van der Waals surface area contributed by atoms with Crippen LogP contribution in [0.15, 0.2) is 0 Å². The van der Waals surface area contributed by atoms with Gasteiger partial charge in [0.2, 0.25) is 0 Å². The third kappa shape index (κ3) is 5.22. The first kappa shape index (κ1) is 10.9. The summed E-state index contributed by atoms with van der Waals surface area (Å²) >= 11 is 0. The minimum absolute atomic E-state index is 0.668. The standard InChI is InChI=1S/C9H22N2/c1-4-9(8(2)3)11-7-5-6-10/h8-9,11H,4-7,10H2,1-3H3. The van der Waals surface area contributed by atoms with Crippen LogP contribution in [0.4, 0.5) is 0 Å². The van der Waals surface area contributed by atoms with E-state index >= 15 is 0 Å². The molecule has 0 aromatic rings. The Morgan fingerprint density at radius 3 is 2.36 bits per heavy atom. The Kier molecular flexibility index (Phi) is 6.57. The molecule has 0 bridgehead atoms. The Morgan fingerprint density at radius 2 is 2.00 bits per heavy atom. The van der Waals surface area contributed by atoms with Gasteiger partial charge in [0.15, 0.2) is 0 Å². The molecule has 1 atom stereocenters. The van der Waals surface area contributed by atoms with Crippen LogP contribution in [0.2, 0.25) is 0 Å². The van der Waals surface area contributed by atoms with E-state index in [0.29, 0.717) is 6.04 Å². The maximum Gasteiger partial charge on any atom is 0.00874 e. The van der Waals surface area contributed by atoms with E-state index < -0.39 is 0 Å². The molecule has 0 spiro atoms. The highest BCUT2D eigenvalue weighted by Gasteiger charge is 2.08. The largest absolute Gasteiger partial charge is 0.330 e. The summed E-state index contributed by atoms with van der Waals surface area (Å²) in [4.78, 5) is 0. The van der Waals surface area contributed by atoms with E-state index in [1.807, 2.05) is 0 Å². The zero-order chi connectivity index (χ0) is 8.69. The Morgan fingerprint density at radius 1 is 1.36 bits per heavy atom. The first-order chi connectivity index (χ1) is 5.22. The summed E-state index contributed by atoms with van der Waals surface area (Å²) in [6, 6.07) is 0.668.